The third-order valence-corrected chi connectivity index (χ3v) is 5.70. The third kappa shape index (κ3) is 4.42. The summed E-state index contributed by atoms with van der Waals surface area (Å²) in [5.74, 6) is 0.622. The van der Waals surface area contributed by atoms with E-state index < -0.39 is 14.9 Å². The fraction of sp³-hybridized carbons (Fsp3) is 0.600. The summed E-state index contributed by atoms with van der Waals surface area (Å²) in [5, 5.41) is 14.0. The summed E-state index contributed by atoms with van der Waals surface area (Å²) in [6.07, 6.45) is 3.59. The molecule has 0 radical (unpaired) electrons. The van der Waals surface area contributed by atoms with E-state index in [2.05, 4.69) is 17.0 Å². The zero-order valence-corrected chi connectivity index (χ0v) is 14.2. The molecule has 0 atom stereocenters. The van der Waals surface area contributed by atoms with Crippen molar-refractivity contribution in [1.82, 2.24) is 4.72 Å². The number of anilines is 1. The van der Waals surface area contributed by atoms with Crippen molar-refractivity contribution in [3.63, 3.8) is 0 Å². The molecule has 1 aliphatic carbocycles. The Morgan fingerprint density at radius 2 is 1.91 bits per heavy atom. The Balaban J connectivity index is 2.22. The minimum Gasteiger partial charge on any atom is -0.380 e. The second kappa shape index (κ2) is 7.27. The van der Waals surface area contributed by atoms with Crippen molar-refractivity contribution in [3.05, 3.63) is 28.3 Å². The molecule has 1 saturated carbocycles. The first-order chi connectivity index (χ1) is 10.8. The maximum atomic E-state index is 12.5. The molecule has 0 amide bonds. The minimum atomic E-state index is -3.75. The lowest BCUT2D eigenvalue weighted by molar-refractivity contribution is -0.384. The van der Waals surface area contributed by atoms with E-state index in [0.717, 1.165) is 31.7 Å². The zero-order valence-electron chi connectivity index (χ0n) is 13.4. The summed E-state index contributed by atoms with van der Waals surface area (Å²) in [6.45, 7) is 4.50. The Morgan fingerprint density at radius 1 is 1.26 bits per heavy atom. The van der Waals surface area contributed by atoms with Gasteiger partial charge >= 0.3 is 0 Å². The first-order valence-corrected chi connectivity index (χ1v) is 9.36. The van der Waals surface area contributed by atoms with Crippen molar-refractivity contribution in [3.8, 4) is 0 Å². The lowest BCUT2D eigenvalue weighted by Crippen LogP contribution is -2.37. The zero-order chi connectivity index (χ0) is 17.0. The molecule has 2 N–H and O–H groups in total. The predicted molar refractivity (Wildman–Crippen MR) is 89.0 cm³/mol. The van der Waals surface area contributed by atoms with E-state index >= 15 is 0 Å². The molecular formula is C15H23N3O4S. The molecule has 0 saturated heterocycles. The smallest absolute Gasteiger partial charge is 0.293 e. The van der Waals surface area contributed by atoms with Crippen LogP contribution in [0.5, 0.6) is 0 Å². The van der Waals surface area contributed by atoms with Crippen molar-refractivity contribution in [2.24, 2.45) is 5.92 Å². The van der Waals surface area contributed by atoms with Crippen LogP contribution in [0.3, 0.4) is 0 Å². The van der Waals surface area contributed by atoms with Crippen LogP contribution in [0.2, 0.25) is 0 Å². The quantitative estimate of drug-likeness (QED) is 0.612. The highest BCUT2D eigenvalue weighted by Crippen LogP contribution is 2.29. The van der Waals surface area contributed by atoms with E-state index in [4.69, 9.17) is 0 Å². The molecule has 1 aromatic rings. The Hall–Kier alpha value is -1.67. The summed E-state index contributed by atoms with van der Waals surface area (Å²) in [4.78, 5) is 10.5. The molecule has 0 aliphatic heterocycles. The predicted octanol–water partition coefficient (Wildman–Crippen LogP) is 2.88. The van der Waals surface area contributed by atoms with Gasteiger partial charge in [-0.05, 0) is 50.7 Å². The number of hydrogen-bond acceptors (Lipinski definition) is 5. The second-order valence-corrected chi connectivity index (χ2v) is 7.76. The van der Waals surface area contributed by atoms with Gasteiger partial charge in [0, 0.05) is 18.7 Å². The third-order valence-electron chi connectivity index (χ3n) is 4.18. The van der Waals surface area contributed by atoms with Crippen LogP contribution < -0.4 is 10.0 Å². The van der Waals surface area contributed by atoms with Gasteiger partial charge in [-0.3, -0.25) is 10.1 Å². The molecule has 0 aromatic heterocycles. The van der Waals surface area contributed by atoms with Gasteiger partial charge in [0.15, 0.2) is 0 Å². The summed E-state index contributed by atoms with van der Waals surface area (Å²) in [6, 6.07) is 3.87. The highest BCUT2D eigenvalue weighted by molar-refractivity contribution is 7.89. The summed E-state index contributed by atoms with van der Waals surface area (Å²) in [7, 11) is -3.75. The minimum absolute atomic E-state index is 0.0653. The highest BCUT2D eigenvalue weighted by Gasteiger charge is 2.26. The molecule has 23 heavy (non-hydrogen) atoms. The monoisotopic (exact) mass is 341 g/mol. The molecule has 128 valence electrons. The van der Waals surface area contributed by atoms with E-state index in [9.17, 15) is 18.5 Å². The normalized spacial score (nSPS) is 21.8. The first kappa shape index (κ1) is 17.7. The van der Waals surface area contributed by atoms with E-state index in [0.29, 0.717) is 18.2 Å². The fourth-order valence-electron chi connectivity index (χ4n) is 2.83. The topological polar surface area (TPSA) is 101 Å². The van der Waals surface area contributed by atoms with Crippen LogP contribution in [0.25, 0.3) is 0 Å². The maximum absolute atomic E-state index is 12.5. The number of nitro benzene ring substituents is 1. The number of benzene rings is 1. The van der Waals surface area contributed by atoms with Crippen molar-refractivity contribution >= 4 is 21.4 Å². The largest absolute Gasteiger partial charge is 0.380 e. The average Bonchev–Trinajstić information content (AvgIpc) is 2.49. The Kier molecular flexibility index (Phi) is 5.59. The maximum Gasteiger partial charge on any atom is 0.293 e. The molecule has 8 heteroatoms. The van der Waals surface area contributed by atoms with Crippen LogP contribution in [0, 0.1) is 16.0 Å². The lowest BCUT2D eigenvalue weighted by atomic mass is 9.88. The van der Waals surface area contributed by atoms with E-state index in [1.807, 2.05) is 6.92 Å². The molecule has 1 fully saturated rings. The van der Waals surface area contributed by atoms with E-state index in [1.54, 1.807) is 0 Å². The van der Waals surface area contributed by atoms with Gasteiger partial charge in [-0.1, -0.05) is 6.92 Å². The number of nitrogens with zero attached hydrogens (tertiary/aromatic N) is 1. The Labute approximate surface area is 136 Å². The van der Waals surface area contributed by atoms with Gasteiger partial charge in [-0.2, -0.15) is 0 Å². The number of hydrogen-bond donors (Lipinski definition) is 2. The number of nitro groups is 1. The van der Waals surface area contributed by atoms with Gasteiger partial charge in [0.25, 0.3) is 5.69 Å². The Bertz CT molecular complexity index is 667. The molecule has 0 bridgehead atoms. The molecule has 1 aromatic carbocycles. The molecular weight excluding hydrogens is 318 g/mol. The lowest BCUT2D eigenvalue weighted by Gasteiger charge is -2.26. The van der Waals surface area contributed by atoms with Gasteiger partial charge in [-0.25, -0.2) is 13.1 Å². The van der Waals surface area contributed by atoms with Crippen LogP contribution in [0.1, 0.15) is 39.5 Å². The van der Waals surface area contributed by atoms with E-state index in [-0.39, 0.29) is 16.6 Å². The first-order valence-electron chi connectivity index (χ1n) is 7.88. The van der Waals surface area contributed by atoms with Crippen molar-refractivity contribution in [2.45, 2.75) is 50.5 Å². The van der Waals surface area contributed by atoms with Gasteiger partial charge in [-0.15, -0.1) is 0 Å². The fourth-order valence-corrected chi connectivity index (χ4v) is 4.16. The molecule has 0 unspecified atom stereocenters. The van der Waals surface area contributed by atoms with Gasteiger partial charge < -0.3 is 5.32 Å². The molecule has 2 rings (SSSR count). The van der Waals surface area contributed by atoms with Crippen LogP contribution in [-0.4, -0.2) is 25.9 Å². The SMILES string of the molecule is CCNc1ccc(S(=O)(=O)NC2CCC(C)CC2)cc1[N+](=O)[O-]. The molecule has 1 aliphatic rings. The molecule has 0 spiro atoms. The molecule has 0 heterocycles. The van der Waals surface area contributed by atoms with Gasteiger partial charge in [0.2, 0.25) is 10.0 Å². The summed E-state index contributed by atoms with van der Waals surface area (Å²) < 4.78 is 27.6. The standard InChI is InChI=1S/C15H23N3O4S/c1-3-16-14-9-8-13(10-15(14)18(19)20)23(21,22)17-12-6-4-11(2)5-7-12/h8-12,16-17H,3-7H2,1-2H3. The number of rotatable bonds is 6. The van der Waals surface area contributed by atoms with Gasteiger partial charge in [0.1, 0.15) is 5.69 Å². The summed E-state index contributed by atoms with van der Waals surface area (Å²) >= 11 is 0. The second-order valence-electron chi connectivity index (χ2n) is 6.04. The van der Waals surface area contributed by atoms with Crippen LogP contribution in [0.4, 0.5) is 11.4 Å². The van der Waals surface area contributed by atoms with Crippen molar-refractivity contribution in [2.75, 3.05) is 11.9 Å². The Morgan fingerprint density at radius 3 is 2.48 bits per heavy atom. The van der Waals surface area contributed by atoms with Crippen LogP contribution in [0.15, 0.2) is 23.1 Å². The number of nitrogens with one attached hydrogen (secondary N) is 2. The number of sulfonamides is 1. The average molecular weight is 341 g/mol. The van der Waals surface area contributed by atoms with Gasteiger partial charge in [0.05, 0.1) is 9.82 Å². The van der Waals surface area contributed by atoms with Crippen molar-refractivity contribution < 1.29 is 13.3 Å². The van der Waals surface area contributed by atoms with E-state index in [1.165, 1.54) is 12.1 Å². The van der Waals surface area contributed by atoms with Crippen LogP contribution in [-0.2, 0) is 10.0 Å². The van der Waals surface area contributed by atoms with Crippen molar-refractivity contribution in [1.29, 1.82) is 0 Å². The summed E-state index contributed by atoms with van der Waals surface area (Å²) in [5.41, 5.74) is 0.0925. The van der Waals surface area contributed by atoms with Crippen LogP contribution >= 0.6 is 0 Å². The molecule has 7 nitrogen and oxygen atoms in total. The highest BCUT2D eigenvalue weighted by atomic mass is 32.2.